The fraction of sp³-hybridized carbons (Fsp3) is 0. The minimum atomic E-state index is -2.53. The summed E-state index contributed by atoms with van der Waals surface area (Å²) in [4.78, 5) is 17.6. The zero-order chi connectivity index (χ0) is 12.3. The Balaban J connectivity index is 2.43. The van der Waals surface area contributed by atoms with Crippen LogP contribution in [0.15, 0.2) is 48.5 Å². The highest BCUT2D eigenvalue weighted by Crippen LogP contribution is 2.41. The van der Waals surface area contributed by atoms with Crippen molar-refractivity contribution in [2.24, 2.45) is 0 Å². The Morgan fingerprint density at radius 1 is 0.882 bits per heavy atom. The van der Waals surface area contributed by atoms with Crippen molar-refractivity contribution < 1.29 is 19.4 Å². The normalized spacial score (nSPS) is 10.5. The van der Waals surface area contributed by atoms with Crippen LogP contribution in [-0.2, 0) is 0 Å². The largest absolute Gasteiger partial charge is 0.504 e. The highest BCUT2D eigenvalue weighted by Gasteiger charge is 2.12. The molecule has 0 spiro atoms. The molecule has 0 aromatic heterocycles. The van der Waals surface area contributed by atoms with Crippen LogP contribution in [0.5, 0.6) is 11.5 Å². The third-order valence-corrected chi connectivity index (χ3v) is 2.62. The van der Waals surface area contributed by atoms with Crippen molar-refractivity contribution >= 4 is 8.60 Å². The standard InChI is InChI=1S/C12H11O4P/c13-12-10(9-5-2-1-3-6-9)7-4-8-11(12)16-17(14)15/h1-8,13-15H. The molecular weight excluding hydrogens is 239 g/mol. The average Bonchev–Trinajstić information content (AvgIpc) is 2.32. The Morgan fingerprint density at radius 3 is 2.24 bits per heavy atom. The lowest BCUT2D eigenvalue weighted by Gasteiger charge is -2.10. The maximum atomic E-state index is 9.95. The van der Waals surface area contributed by atoms with Gasteiger partial charge in [-0.15, -0.1) is 0 Å². The Kier molecular flexibility index (Phi) is 3.59. The third-order valence-electron chi connectivity index (χ3n) is 2.26. The Hall–Kier alpha value is -1.61. The number of rotatable bonds is 3. The van der Waals surface area contributed by atoms with Gasteiger partial charge >= 0.3 is 8.60 Å². The zero-order valence-electron chi connectivity index (χ0n) is 8.82. The van der Waals surface area contributed by atoms with Gasteiger partial charge in [-0.3, -0.25) is 0 Å². The van der Waals surface area contributed by atoms with Crippen LogP contribution in [0, 0.1) is 0 Å². The van der Waals surface area contributed by atoms with Gasteiger partial charge < -0.3 is 19.4 Å². The van der Waals surface area contributed by atoms with Crippen molar-refractivity contribution in [2.45, 2.75) is 0 Å². The number of hydrogen-bond donors (Lipinski definition) is 3. The van der Waals surface area contributed by atoms with Crippen LogP contribution in [0.2, 0.25) is 0 Å². The van der Waals surface area contributed by atoms with E-state index in [4.69, 9.17) is 14.3 Å². The third kappa shape index (κ3) is 2.74. The molecule has 2 rings (SSSR count). The maximum absolute atomic E-state index is 9.95. The molecule has 0 unspecified atom stereocenters. The Morgan fingerprint density at radius 2 is 1.59 bits per heavy atom. The molecule has 88 valence electrons. The minimum absolute atomic E-state index is 0.0578. The van der Waals surface area contributed by atoms with Crippen LogP contribution >= 0.6 is 8.60 Å². The number of aromatic hydroxyl groups is 1. The van der Waals surface area contributed by atoms with Crippen molar-refractivity contribution in [1.29, 1.82) is 0 Å². The molecule has 0 amide bonds. The molecule has 0 aliphatic heterocycles. The Bertz CT molecular complexity index is 499. The van der Waals surface area contributed by atoms with E-state index in [0.717, 1.165) is 5.56 Å². The second-order valence-electron chi connectivity index (χ2n) is 3.36. The number of benzene rings is 2. The molecule has 3 N–H and O–H groups in total. The molecule has 0 bridgehead atoms. The van der Waals surface area contributed by atoms with Gasteiger partial charge in [0.2, 0.25) is 0 Å². The van der Waals surface area contributed by atoms with Crippen LogP contribution in [0.3, 0.4) is 0 Å². The Labute approximate surface area is 99.7 Å². The molecule has 5 heteroatoms. The van der Waals surface area contributed by atoms with Gasteiger partial charge in [-0.25, -0.2) is 0 Å². The van der Waals surface area contributed by atoms with E-state index in [-0.39, 0.29) is 11.5 Å². The fourth-order valence-electron chi connectivity index (χ4n) is 1.53. The second-order valence-corrected chi connectivity index (χ2v) is 4.05. The lowest BCUT2D eigenvalue weighted by Crippen LogP contribution is -1.87. The van der Waals surface area contributed by atoms with E-state index in [1.807, 2.05) is 30.3 Å². The zero-order valence-corrected chi connectivity index (χ0v) is 9.71. The van der Waals surface area contributed by atoms with Gasteiger partial charge in [0.05, 0.1) is 0 Å². The van der Waals surface area contributed by atoms with E-state index < -0.39 is 8.60 Å². The smallest absolute Gasteiger partial charge is 0.391 e. The molecule has 2 aromatic carbocycles. The predicted octanol–water partition coefficient (Wildman–Crippen LogP) is 2.65. The van der Waals surface area contributed by atoms with Crippen LogP contribution in [0.1, 0.15) is 0 Å². The first-order valence-corrected chi connectivity index (χ1v) is 6.08. The van der Waals surface area contributed by atoms with Gasteiger partial charge in [0.1, 0.15) is 0 Å². The summed E-state index contributed by atoms with van der Waals surface area (Å²) in [5.41, 5.74) is 1.41. The molecular formula is C12H11O4P. The van der Waals surface area contributed by atoms with Crippen molar-refractivity contribution in [1.82, 2.24) is 0 Å². The van der Waals surface area contributed by atoms with Gasteiger partial charge in [0, 0.05) is 5.56 Å². The molecule has 0 heterocycles. The van der Waals surface area contributed by atoms with Gasteiger partial charge in [-0.2, -0.15) is 0 Å². The summed E-state index contributed by atoms with van der Waals surface area (Å²) in [5.74, 6) is -0.0447. The number of para-hydroxylation sites is 1. The second kappa shape index (κ2) is 5.15. The number of hydrogen-bond acceptors (Lipinski definition) is 4. The molecule has 0 radical (unpaired) electrons. The first-order valence-electron chi connectivity index (χ1n) is 4.92. The molecule has 0 atom stereocenters. The summed E-state index contributed by atoms with van der Waals surface area (Å²) >= 11 is 0. The summed E-state index contributed by atoms with van der Waals surface area (Å²) in [5, 5.41) is 9.95. The van der Waals surface area contributed by atoms with E-state index in [9.17, 15) is 5.11 Å². The van der Waals surface area contributed by atoms with Gasteiger partial charge in [-0.05, 0) is 11.6 Å². The number of phenolic OH excluding ortho intramolecular Hbond substituents is 1. The highest BCUT2D eigenvalue weighted by atomic mass is 31.2. The van der Waals surface area contributed by atoms with Gasteiger partial charge in [0.25, 0.3) is 0 Å². The van der Waals surface area contributed by atoms with Crippen molar-refractivity contribution in [3.63, 3.8) is 0 Å². The summed E-state index contributed by atoms with van der Waals surface area (Å²) in [6.45, 7) is 0. The highest BCUT2D eigenvalue weighted by molar-refractivity contribution is 7.39. The quantitative estimate of drug-likeness (QED) is 0.732. The molecule has 0 aliphatic rings. The topological polar surface area (TPSA) is 69.9 Å². The van der Waals surface area contributed by atoms with Gasteiger partial charge in [0.15, 0.2) is 11.5 Å². The molecule has 0 aliphatic carbocycles. The van der Waals surface area contributed by atoms with E-state index in [0.29, 0.717) is 5.56 Å². The summed E-state index contributed by atoms with van der Waals surface area (Å²) in [7, 11) is -2.53. The van der Waals surface area contributed by atoms with Crippen LogP contribution in [0.25, 0.3) is 11.1 Å². The predicted molar refractivity (Wildman–Crippen MR) is 65.5 cm³/mol. The lowest BCUT2D eigenvalue weighted by atomic mass is 10.0. The first-order chi connectivity index (χ1) is 8.18. The van der Waals surface area contributed by atoms with Crippen molar-refractivity contribution in [2.75, 3.05) is 0 Å². The number of phenols is 1. The van der Waals surface area contributed by atoms with Gasteiger partial charge in [-0.1, -0.05) is 42.5 Å². The first kappa shape index (κ1) is 11.9. The molecule has 0 saturated heterocycles. The molecule has 4 nitrogen and oxygen atoms in total. The van der Waals surface area contributed by atoms with Crippen molar-refractivity contribution in [3.05, 3.63) is 48.5 Å². The molecule has 17 heavy (non-hydrogen) atoms. The molecule has 0 saturated carbocycles. The summed E-state index contributed by atoms with van der Waals surface area (Å²) < 4.78 is 4.73. The van der Waals surface area contributed by atoms with E-state index in [1.165, 1.54) is 6.07 Å². The van der Waals surface area contributed by atoms with E-state index in [1.54, 1.807) is 12.1 Å². The summed E-state index contributed by atoms with van der Waals surface area (Å²) in [6.07, 6.45) is 0. The average molecular weight is 250 g/mol. The summed E-state index contributed by atoms with van der Waals surface area (Å²) in [6, 6.07) is 14.2. The molecule has 0 fully saturated rings. The van der Waals surface area contributed by atoms with Crippen molar-refractivity contribution in [3.8, 4) is 22.6 Å². The monoisotopic (exact) mass is 250 g/mol. The minimum Gasteiger partial charge on any atom is -0.504 e. The molecule has 2 aromatic rings. The van der Waals surface area contributed by atoms with Crippen LogP contribution in [-0.4, -0.2) is 14.9 Å². The van der Waals surface area contributed by atoms with Crippen LogP contribution < -0.4 is 4.52 Å². The van der Waals surface area contributed by atoms with E-state index >= 15 is 0 Å². The van der Waals surface area contributed by atoms with E-state index in [2.05, 4.69) is 0 Å². The fourth-order valence-corrected chi connectivity index (χ4v) is 1.86. The maximum Gasteiger partial charge on any atom is 0.391 e. The lowest BCUT2D eigenvalue weighted by molar-refractivity contribution is 0.361. The SMILES string of the molecule is Oc1c(OP(O)O)cccc1-c1ccccc1. The van der Waals surface area contributed by atoms with Crippen LogP contribution in [0.4, 0.5) is 0 Å².